The molecule has 0 bridgehead atoms. The van der Waals surface area contributed by atoms with Crippen LogP contribution in [0.25, 0.3) is 0 Å². The zero-order chi connectivity index (χ0) is 22.1. The Balaban J connectivity index is 3.20. The normalized spacial score (nSPS) is 25.7. The Kier molecular flexibility index (Phi) is 8.54. The molecule has 0 amide bonds. The summed E-state index contributed by atoms with van der Waals surface area (Å²) in [7, 11) is -7.56. The smallest absolute Gasteiger partial charge is 0.337 e. The van der Waals surface area contributed by atoms with Crippen LogP contribution in [-0.4, -0.2) is 70.3 Å². The van der Waals surface area contributed by atoms with E-state index in [1.54, 1.807) is 0 Å². The molecule has 0 aliphatic carbocycles. The summed E-state index contributed by atoms with van der Waals surface area (Å²) >= 11 is 0. The third-order valence-corrected chi connectivity index (χ3v) is 7.61. The first-order valence-electron chi connectivity index (χ1n) is 10.2. The van der Waals surface area contributed by atoms with Crippen LogP contribution < -0.4 is 0 Å². The zero-order valence-corrected chi connectivity index (χ0v) is 24.0. The minimum Gasteiger partial charge on any atom is -0.455 e. The van der Waals surface area contributed by atoms with E-state index in [0.29, 0.717) is 6.61 Å². The fraction of sp³-hybridized carbons (Fsp3) is 0.944. The van der Waals surface area contributed by atoms with Crippen LogP contribution in [0.2, 0.25) is 78.6 Å². The summed E-state index contributed by atoms with van der Waals surface area (Å²) < 4.78 is 31.1. The largest absolute Gasteiger partial charge is 0.455 e. The molecule has 0 aromatic heterocycles. The average Bonchev–Trinajstić information content (AvgIpc) is 2.66. The SMILES string of the molecule is C[Si](C)(C)OC[C@H](O[Si](C)(C)C)[C@H]1OC(=O)[C@H](O[Si](C)(C)C)[C@@H]1O[Si](C)(C)C. The van der Waals surface area contributed by atoms with Gasteiger partial charge in [-0.1, -0.05) is 0 Å². The monoisotopic (exact) mass is 466 g/mol. The van der Waals surface area contributed by atoms with E-state index in [2.05, 4.69) is 78.6 Å². The van der Waals surface area contributed by atoms with Gasteiger partial charge in [0.1, 0.15) is 12.2 Å². The third kappa shape index (κ3) is 9.79. The van der Waals surface area contributed by atoms with E-state index < -0.39 is 51.6 Å². The van der Waals surface area contributed by atoms with Crippen molar-refractivity contribution in [3.8, 4) is 0 Å². The third-order valence-electron chi connectivity index (χ3n) is 3.63. The lowest BCUT2D eigenvalue weighted by Gasteiger charge is -2.36. The molecule has 1 rings (SSSR count). The minimum atomic E-state index is -1.96. The zero-order valence-electron chi connectivity index (χ0n) is 20.0. The molecule has 0 unspecified atom stereocenters. The van der Waals surface area contributed by atoms with Crippen LogP contribution in [0.5, 0.6) is 0 Å². The maximum absolute atomic E-state index is 12.8. The van der Waals surface area contributed by atoms with E-state index in [1.807, 2.05) is 0 Å². The predicted octanol–water partition coefficient (Wildman–Crippen LogP) is 4.42. The van der Waals surface area contributed by atoms with Gasteiger partial charge < -0.3 is 22.4 Å². The van der Waals surface area contributed by atoms with Crippen molar-refractivity contribution >= 4 is 39.2 Å². The highest BCUT2D eigenvalue weighted by Crippen LogP contribution is 2.31. The summed E-state index contributed by atoms with van der Waals surface area (Å²) in [5, 5.41) is 0. The van der Waals surface area contributed by atoms with E-state index in [9.17, 15) is 4.79 Å². The Morgan fingerprint density at radius 3 is 1.68 bits per heavy atom. The molecule has 1 saturated heterocycles. The Morgan fingerprint density at radius 1 is 0.786 bits per heavy atom. The van der Waals surface area contributed by atoms with Crippen molar-refractivity contribution in [2.24, 2.45) is 0 Å². The second-order valence-corrected chi connectivity index (χ2v) is 29.3. The van der Waals surface area contributed by atoms with Crippen LogP contribution >= 0.6 is 0 Å². The predicted molar refractivity (Wildman–Crippen MR) is 124 cm³/mol. The Bertz CT molecular complexity index is 530. The Morgan fingerprint density at radius 2 is 1.29 bits per heavy atom. The Labute approximate surface area is 176 Å². The lowest BCUT2D eigenvalue weighted by molar-refractivity contribution is -0.150. The van der Waals surface area contributed by atoms with Gasteiger partial charge in [-0.3, -0.25) is 0 Å². The van der Waals surface area contributed by atoms with Crippen molar-refractivity contribution < 1.29 is 27.2 Å². The van der Waals surface area contributed by atoms with Crippen molar-refractivity contribution in [2.45, 2.75) is 103 Å². The molecular formula is C18H42O6Si4. The molecule has 1 fully saturated rings. The van der Waals surface area contributed by atoms with Gasteiger partial charge in [0.25, 0.3) is 0 Å². The summed E-state index contributed by atoms with van der Waals surface area (Å²) in [6, 6.07) is 0. The summed E-state index contributed by atoms with van der Waals surface area (Å²) in [5.74, 6) is -0.340. The fourth-order valence-corrected chi connectivity index (χ4v) is 6.72. The lowest BCUT2D eigenvalue weighted by atomic mass is 10.1. The van der Waals surface area contributed by atoms with E-state index in [0.717, 1.165) is 0 Å². The van der Waals surface area contributed by atoms with Crippen molar-refractivity contribution in [3.05, 3.63) is 0 Å². The molecule has 6 nitrogen and oxygen atoms in total. The molecular weight excluding hydrogens is 425 g/mol. The number of ether oxygens (including phenoxy) is 1. The molecule has 1 aliphatic heterocycles. The number of hydrogen-bond acceptors (Lipinski definition) is 6. The second-order valence-electron chi connectivity index (χ2n) is 11.4. The first-order chi connectivity index (χ1) is 12.3. The maximum atomic E-state index is 12.8. The average molecular weight is 467 g/mol. The number of hydrogen-bond donors (Lipinski definition) is 0. The van der Waals surface area contributed by atoms with E-state index in [1.165, 1.54) is 0 Å². The molecule has 4 atom stereocenters. The van der Waals surface area contributed by atoms with Gasteiger partial charge in [0, 0.05) is 0 Å². The standard InChI is InChI=1S/C18H42O6Si4/c1-25(2,3)20-13-14(22-26(4,5)6)15-16(23-27(7,8)9)17(18(19)21-15)24-28(10,11)12/h14-17H,13H2,1-12H3/t14-,15+,16+,17+/m0/s1. The molecule has 0 N–H and O–H groups in total. The van der Waals surface area contributed by atoms with Gasteiger partial charge >= 0.3 is 5.97 Å². The van der Waals surface area contributed by atoms with E-state index >= 15 is 0 Å². The number of rotatable bonds is 10. The van der Waals surface area contributed by atoms with Crippen LogP contribution in [0, 0.1) is 0 Å². The van der Waals surface area contributed by atoms with E-state index in [-0.39, 0.29) is 12.1 Å². The lowest BCUT2D eigenvalue weighted by Crippen LogP contribution is -2.53. The molecule has 10 heteroatoms. The van der Waals surface area contributed by atoms with Crippen molar-refractivity contribution in [1.82, 2.24) is 0 Å². The topological polar surface area (TPSA) is 63.2 Å². The van der Waals surface area contributed by atoms with Gasteiger partial charge in [-0.2, -0.15) is 0 Å². The van der Waals surface area contributed by atoms with Crippen molar-refractivity contribution in [2.75, 3.05) is 6.61 Å². The van der Waals surface area contributed by atoms with Crippen molar-refractivity contribution in [1.29, 1.82) is 0 Å². The van der Waals surface area contributed by atoms with Gasteiger partial charge in [0.05, 0.1) is 6.61 Å². The highest BCUT2D eigenvalue weighted by molar-refractivity contribution is 6.71. The quantitative estimate of drug-likeness (QED) is 0.351. The maximum Gasteiger partial charge on any atom is 0.337 e. The van der Waals surface area contributed by atoms with Crippen LogP contribution in [0.4, 0.5) is 0 Å². The summed E-state index contributed by atoms with van der Waals surface area (Å²) in [5.41, 5.74) is 0. The minimum absolute atomic E-state index is 0.340. The van der Waals surface area contributed by atoms with Crippen LogP contribution in [0.3, 0.4) is 0 Å². The number of carbonyl (C=O) groups excluding carboxylic acids is 1. The van der Waals surface area contributed by atoms with Gasteiger partial charge in [-0.25, -0.2) is 4.79 Å². The molecule has 1 aliphatic rings. The molecule has 0 radical (unpaired) electrons. The molecule has 28 heavy (non-hydrogen) atoms. The van der Waals surface area contributed by atoms with Crippen LogP contribution in [0.15, 0.2) is 0 Å². The molecule has 0 spiro atoms. The van der Waals surface area contributed by atoms with Gasteiger partial charge in [0.15, 0.2) is 45.5 Å². The highest BCUT2D eigenvalue weighted by Gasteiger charge is 2.53. The number of carbonyl (C=O) groups is 1. The number of esters is 1. The van der Waals surface area contributed by atoms with Crippen LogP contribution in [0.1, 0.15) is 0 Å². The first-order valence-corrected chi connectivity index (χ1v) is 23.8. The first kappa shape index (κ1) is 26.2. The van der Waals surface area contributed by atoms with E-state index in [4.69, 9.17) is 22.4 Å². The highest BCUT2D eigenvalue weighted by atomic mass is 28.4. The summed E-state index contributed by atoms with van der Waals surface area (Å²) in [6.07, 6.45) is -2.01. The van der Waals surface area contributed by atoms with Gasteiger partial charge in [-0.05, 0) is 78.6 Å². The Hall–Kier alpha value is 0.178. The van der Waals surface area contributed by atoms with Gasteiger partial charge in [0.2, 0.25) is 0 Å². The molecule has 0 saturated carbocycles. The van der Waals surface area contributed by atoms with Gasteiger partial charge in [-0.15, -0.1) is 0 Å². The number of cyclic esters (lactones) is 1. The molecule has 0 aromatic carbocycles. The summed E-state index contributed by atoms with van der Waals surface area (Å²) in [6.45, 7) is 25.8. The summed E-state index contributed by atoms with van der Waals surface area (Å²) in [4.78, 5) is 12.8. The fourth-order valence-electron chi connectivity index (χ4n) is 2.88. The van der Waals surface area contributed by atoms with Crippen LogP contribution in [-0.2, 0) is 27.2 Å². The van der Waals surface area contributed by atoms with Crippen molar-refractivity contribution in [3.63, 3.8) is 0 Å². The molecule has 1 heterocycles. The molecule has 166 valence electrons. The molecule has 0 aromatic rings. The second kappa shape index (κ2) is 9.12.